The molecule has 0 aromatic heterocycles. The molecule has 5 atom stereocenters. The quantitative estimate of drug-likeness (QED) is 0.0169. The van der Waals surface area contributed by atoms with Crippen LogP contribution < -0.4 is 0 Å². The number of unbranched alkanes of at least 4 members (excludes halogenated alkanes) is 8. The maximum Gasteiger partial charge on any atom is 0.472 e. The van der Waals surface area contributed by atoms with E-state index in [0.717, 1.165) is 161 Å². The molecule has 0 fully saturated rings. The zero-order valence-corrected chi connectivity index (χ0v) is 67.7. The summed E-state index contributed by atoms with van der Waals surface area (Å²) in [5, 5.41) is 10.6. The summed E-state index contributed by atoms with van der Waals surface area (Å²) in [6, 6.07) is 0. The topological polar surface area (TPSA) is 237 Å². The molecule has 0 bridgehead atoms. The molecule has 19 heteroatoms. The highest BCUT2D eigenvalue weighted by Gasteiger charge is 2.30. The fourth-order valence-electron chi connectivity index (χ4n) is 9.29. The Morgan fingerprint density at radius 3 is 0.806 bits per heavy atom. The van der Waals surface area contributed by atoms with Gasteiger partial charge in [0.15, 0.2) is 12.2 Å². The highest BCUT2D eigenvalue weighted by molar-refractivity contribution is 7.47. The van der Waals surface area contributed by atoms with Crippen LogP contribution in [0, 0.1) is 0 Å². The predicted molar refractivity (Wildman–Crippen MR) is 444 cm³/mol. The van der Waals surface area contributed by atoms with Gasteiger partial charge in [0.25, 0.3) is 0 Å². The van der Waals surface area contributed by atoms with Gasteiger partial charge in [-0.25, -0.2) is 9.13 Å². The van der Waals surface area contributed by atoms with E-state index in [4.69, 9.17) is 37.0 Å². The van der Waals surface area contributed by atoms with Crippen molar-refractivity contribution in [2.75, 3.05) is 39.6 Å². The molecule has 0 aliphatic carbocycles. The fourth-order valence-corrected chi connectivity index (χ4v) is 10.9. The average Bonchev–Trinajstić information content (AvgIpc) is 0.906. The van der Waals surface area contributed by atoms with Gasteiger partial charge in [-0.1, -0.05) is 278 Å². The van der Waals surface area contributed by atoms with E-state index in [-0.39, 0.29) is 25.7 Å². The van der Waals surface area contributed by atoms with E-state index in [0.29, 0.717) is 32.1 Å². The first-order valence-corrected chi connectivity index (χ1v) is 42.6. The van der Waals surface area contributed by atoms with Gasteiger partial charge in [0, 0.05) is 19.3 Å². The van der Waals surface area contributed by atoms with Crippen molar-refractivity contribution < 1.29 is 80.2 Å². The van der Waals surface area contributed by atoms with Crippen LogP contribution in [-0.2, 0) is 65.4 Å². The lowest BCUT2D eigenvalue weighted by atomic mass is 10.1. The van der Waals surface area contributed by atoms with Gasteiger partial charge in [-0.3, -0.25) is 37.3 Å². The van der Waals surface area contributed by atoms with Crippen LogP contribution in [0.1, 0.15) is 246 Å². The van der Waals surface area contributed by atoms with Crippen LogP contribution in [0.4, 0.5) is 0 Å². The molecule has 0 spiro atoms. The molecule has 0 aromatic carbocycles. The Morgan fingerprint density at radius 2 is 0.500 bits per heavy atom. The number of ether oxygens (including phenoxy) is 4. The molecule has 604 valence electrons. The van der Waals surface area contributed by atoms with Gasteiger partial charge in [-0.15, -0.1) is 0 Å². The molecule has 0 saturated heterocycles. The molecule has 0 heterocycles. The number of hydrogen-bond donors (Lipinski definition) is 3. The minimum absolute atomic E-state index is 0.00504. The molecular weight excluding hydrogens is 1400 g/mol. The zero-order valence-electron chi connectivity index (χ0n) is 65.9. The molecule has 3 N–H and O–H groups in total. The summed E-state index contributed by atoms with van der Waals surface area (Å²) in [6.07, 6.45) is 101. The van der Waals surface area contributed by atoms with Crippen molar-refractivity contribution >= 4 is 39.5 Å². The summed E-state index contributed by atoms with van der Waals surface area (Å²) in [5.74, 6) is -2.49. The Kier molecular flexibility index (Phi) is 73.3. The van der Waals surface area contributed by atoms with E-state index >= 15 is 0 Å². The number of phosphoric ester groups is 2. The number of carbonyl (C=O) groups is 4. The molecule has 0 radical (unpaired) electrons. The molecule has 108 heavy (non-hydrogen) atoms. The van der Waals surface area contributed by atoms with Crippen molar-refractivity contribution in [3.63, 3.8) is 0 Å². The lowest BCUT2D eigenvalue weighted by Gasteiger charge is -2.21. The van der Waals surface area contributed by atoms with Gasteiger partial charge in [-0.2, -0.15) is 0 Å². The van der Waals surface area contributed by atoms with Gasteiger partial charge >= 0.3 is 39.5 Å². The molecule has 17 nitrogen and oxygen atoms in total. The second-order valence-electron chi connectivity index (χ2n) is 25.1. The van der Waals surface area contributed by atoms with Crippen molar-refractivity contribution in [3.05, 3.63) is 231 Å². The van der Waals surface area contributed by atoms with E-state index in [1.165, 1.54) is 0 Å². The third kappa shape index (κ3) is 77.3. The maximum atomic E-state index is 13.1. The van der Waals surface area contributed by atoms with Gasteiger partial charge in [0.1, 0.15) is 19.3 Å². The summed E-state index contributed by atoms with van der Waals surface area (Å²) in [6.45, 7) is 4.12. The SMILES string of the molecule is CC/C=C\C/C=C\C/C=C\C/C=C\C/C=C\CCCCCC(=O)OCC(COP(=O)(O)OCC(O)COP(=O)(O)OCC(COC(=O)CCCCCC/C=C\C/C=C\C/C=C\C/C=C\CC)OC(=O)C/C=C\C/C=C\C/C=C\C/C=C\C/C=C\CC)OC(=O)CCC/C=C\C/C=C\C/C=C\C/C=C\C/C=C\CC. The van der Waals surface area contributed by atoms with E-state index < -0.39 is 97.5 Å². The smallest absolute Gasteiger partial charge is 0.462 e. The lowest BCUT2D eigenvalue weighted by molar-refractivity contribution is -0.161. The van der Waals surface area contributed by atoms with Crippen LogP contribution in [0.15, 0.2) is 231 Å². The summed E-state index contributed by atoms with van der Waals surface area (Å²) >= 11 is 0. The van der Waals surface area contributed by atoms with E-state index in [9.17, 15) is 43.2 Å². The standard InChI is InChI=1S/C89H136O17P2/c1-5-9-13-17-21-25-29-33-37-40-41-44-47-50-54-58-62-66-70-74-87(92)100-80-85(106-89(94)76-72-68-64-60-56-52-48-43-39-35-31-27-23-19-15-11-7-3)82-104-108(97,98)102-78-83(90)77-101-107(95,96)103-81-84(105-88(93)75-71-67-63-59-55-51-45-36-32-28-24-20-16-12-8-4)79-99-86(91)73-69-65-61-57-53-49-46-42-38-34-30-26-22-18-14-10-6-2/h9-16,21-28,33-39,41,44-46,48-50,52,54-55,59-60,64,67,71,83-85,90H,5-8,17-20,29-32,40,42-43,47,51,53,56-58,61-63,65-66,68-70,72-82H2,1-4H3,(H,95,96)(H,97,98)/b13-9-,14-10-,15-11-,16-12-,25-21-,26-22-,27-23-,28-24-,37-33-,38-34-,39-35-,44-41-,45-36-,49-46-,52-48-,54-50-,59-55-,64-60-,71-67-. The number of rotatable bonds is 71. The van der Waals surface area contributed by atoms with Gasteiger partial charge in [0.05, 0.1) is 32.8 Å². The Balaban J connectivity index is 5.58. The van der Waals surface area contributed by atoms with Gasteiger partial charge in [0.2, 0.25) is 0 Å². The Hall–Kier alpha value is -6.88. The highest BCUT2D eigenvalue weighted by atomic mass is 31.2. The Labute approximate surface area is 651 Å². The number of esters is 4. The third-order valence-corrected chi connectivity index (χ3v) is 17.0. The monoisotopic (exact) mass is 1540 g/mol. The van der Waals surface area contributed by atoms with Crippen molar-refractivity contribution in [1.29, 1.82) is 0 Å². The Bertz CT molecular complexity index is 2960. The fraction of sp³-hybridized carbons (Fsp3) is 0.528. The number of carbonyl (C=O) groups excluding carboxylic acids is 4. The summed E-state index contributed by atoms with van der Waals surface area (Å²) in [5.41, 5.74) is 0. The first-order valence-electron chi connectivity index (χ1n) is 39.6. The zero-order chi connectivity index (χ0) is 78.9. The predicted octanol–water partition coefficient (Wildman–Crippen LogP) is 23.4. The van der Waals surface area contributed by atoms with Crippen molar-refractivity contribution in [3.8, 4) is 0 Å². The highest BCUT2D eigenvalue weighted by Crippen LogP contribution is 2.45. The second kappa shape index (κ2) is 78.2. The molecule has 0 rings (SSSR count). The van der Waals surface area contributed by atoms with Crippen molar-refractivity contribution in [1.82, 2.24) is 0 Å². The summed E-state index contributed by atoms with van der Waals surface area (Å²) < 4.78 is 68.4. The van der Waals surface area contributed by atoms with Crippen molar-refractivity contribution in [2.45, 2.75) is 264 Å². The molecule has 0 aliphatic heterocycles. The van der Waals surface area contributed by atoms with Gasteiger partial charge in [-0.05, 0) is 173 Å². The molecule has 0 saturated carbocycles. The lowest BCUT2D eigenvalue weighted by Crippen LogP contribution is -2.30. The summed E-state index contributed by atoms with van der Waals surface area (Å²) in [4.78, 5) is 73.0. The number of aliphatic hydroxyl groups excluding tert-OH is 1. The van der Waals surface area contributed by atoms with Crippen LogP contribution in [0.25, 0.3) is 0 Å². The van der Waals surface area contributed by atoms with Crippen LogP contribution in [0.5, 0.6) is 0 Å². The normalized spacial score (nSPS) is 15.1. The molecule has 0 amide bonds. The minimum Gasteiger partial charge on any atom is -0.462 e. The number of hydrogen-bond acceptors (Lipinski definition) is 15. The molecular formula is C89H136O17P2. The summed E-state index contributed by atoms with van der Waals surface area (Å²) in [7, 11) is -10.1. The van der Waals surface area contributed by atoms with E-state index in [1.807, 2.05) is 24.3 Å². The second-order valence-corrected chi connectivity index (χ2v) is 28.0. The largest absolute Gasteiger partial charge is 0.472 e. The van der Waals surface area contributed by atoms with E-state index in [2.05, 4.69) is 222 Å². The maximum absolute atomic E-state index is 13.1. The van der Waals surface area contributed by atoms with Gasteiger partial charge < -0.3 is 33.8 Å². The minimum atomic E-state index is -5.03. The van der Waals surface area contributed by atoms with Crippen LogP contribution >= 0.6 is 15.6 Å². The first kappa shape index (κ1) is 101. The first-order chi connectivity index (χ1) is 52.7. The molecule has 5 unspecified atom stereocenters. The number of allylic oxidation sites excluding steroid dienone is 37. The third-order valence-electron chi connectivity index (χ3n) is 15.1. The Morgan fingerprint density at radius 1 is 0.269 bits per heavy atom. The number of aliphatic hydroxyl groups is 1. The average molecular weight is 1540 g/mol. The van der Waals surface area contributed by atoms with Crippen LogP contribution in [0.2, 0.25) is 0 Å². The number of phosphoric acid groups is 2. The van der Waals surface area contributed by atoms with Crippen LogP contribution in [-0.4, -0.2) is 96.7 Å². The van der Waals surface area contributed by atoms with E-state index in [1.54, 1.807) is 12.2 Å². The van der Waals surface area contributed by atoms with Crippen LogP contribution in [0.3, 0.4) is 0 Å². The van der Waals surface area contributed by atoms with Crippen molar-refractivity contribution in [2.24, 2.45) is 0 Å². The molecule has 0 aliphatic rings. The molecule has 0 aromatic rings.